The van der Waals surface area contributed by atoms with E-state index in [4.69, 9.17) is 15.2 Å². The minimum atomic E-state index is 0.525. The van der Waals surface area contributed by atoms with E-state index in [1.807, 2.05) is 18.2 Å². The van der Waals surface area contributed by atoms with E-state index >= 15 is 0 Å². The number of hydrogen-bond donors (Lipinski definition) is 2. The molecule has 6 heteroatoms. The van der Waals surface area contributed by atoms with Crippen molar-refractivity contribution >= 4 is 5.96 Å². The molecule has 0 aromatic heterocycles. The number of nitrogens with two attached hydrogens (primary N) is 1. The Hall–Kier alpha value is -1.95. The molecule has 0 unspecified atom stereocenters. The monoisotopic (exact) mass is 334 g/mol. The molecule has 1 fully saturated rings. The SMILES string of the molecule is COc1ccc(CCNC(N)=NCCCN2CCCC2)cc1OC. The van der Waals surface area contributed by atoms with Crippen molar-refractivity contribution in [1.82, 2.24) is 10.2 Å². The Labute approximate surface area is 145 Å². The fourth-order valence-electron chi connectivity index (χ4n) is 2.93. The van der Waals surface area contributed by atoms with Crippen molar-refractivity contribution in [3.63, 3.8) is 0 Å². The van der Waals surface area contributed by atoms with Gasteiger partial charge < -0.3 is 25.4 Å². The molecule has 0 bridgehead atoms. The van der Waals surface area contributed by atoms with Gasteiger partial charge >= 0.3 is 0 Å². The molecule has 1 heterocycles. The van der Waals surface area contributed by atoms with Crippen LogP contribution in [0.4, 0.5) is 0 Å². The molecule has 3 N–H and O–H groups in total. The minimum Gasteiger partial charge on any atom is -0.493 e. The number of rotatable bonds is 9. The second kappa shape index (κ2) is 10.0. The maximum absolute atomic E-state index is 5.91. The van der Waals surface area contributed by atoms with Crippen LogP contribution in [-0.2, 0) is 6.42 Å². The van der Waals surface area contributed by atoms with Gasteiger partial charge in [-0.05, 0) is 63.0 Å². The summed E-state index contributed by atoms with van der Waals surface area (Å²) < 4.78 is 10.6. The lowest BCUT2D eigenvalue weighted by molar-refractivity contribution is 0.336. The highest BCUT2D eigenvalue weighted by Crippen LogP contribution is 2.27. The van der Waals surface area contributed by atoms with Gasteiger partial charge in [0.05, 0.1) is 14.2 Å². The Morgan fingerprint density at radius 3 is 2.67 bits per heavy atom. The molecular weight excluding hydrogens is 304 g/mol. The summed E-state index contributed by atoms with van der Waals surface area (Å²) in [5, 5.41) is 3.17. The van der Waals surface area contributed by atoms with Crippen LogP contribution in [-0.4, -0.2) is 57.8 Å². The Kier molecular flexibility index (Phi) is 7.68. The van der Waals surface area contributed by atoms with Gasteiger partial charge in [0.2, 0.25) is 0 Å². The van der Waals surface area contributed by atoms with E-state index in [1.165, 1.54) is 31.5 Å². The molecule has 6 nitrogen and oxygen atoms in total. The van der Waals surface area contributed by atoms with Crippen LogP contribution < -0.4 is 20.5 Å². The molecule has 1 aliphatic rings. The molecule has 0 spiro atoms. The highest BCUT2D eigenvalue weighted by Gasteiger charge is 2.09. The van der Waals surface area contributed by atoms with Gasteiger partial charge in [0, 0.05) is 13.1 Å². The summed E-state index contributed by atoms with van der Waals surface area (Å²) in [5.41, 5.74) is 7.08. The van der Waals surface area contributed by atoms with Crippen molar-refractivity contribution in [3.8, 4) is 11.5 Å². The maximum atomic E-state index is 5.91. The normalized spacial score (nSPS) is 15.5. The largest absolute Gasteiger partial charge is 0.493 e. The van der Waals surface area contributed by atoms with Crippen molar-refractivity contribution in [1.29, 1.82) is 0 Å². The first-order valence-electron chi connectivity index (χ1n) is 8.70. The third-order valence-corrected chi connectivity index (χ3v) is 4.28. The molecular formula is C18H30N4O2. The van der Waals surface area contributed by atoms with Crippen LogP contribution in [0, 0.1) is 0 Å². The quantitative estimate of drug-likeness (QED) is 0.408. The molecule has 134 valence electrons. The topological polar surface area (TPSA) is 72.1 Å². The average Bonchev–Trinajstić information content (AvgIpc) is 3.12. The van der Waals surface area contributed by atoms with Crippen LogP contribution in [0.1, 0.15) is 24.8 Å². The zero-order valence-electron chi connectivity index (χ0n) is 14.9. The number of likely N-dealkylation sites (tertiary alicyclic amines) is 1. The summed E-state index contributed by atoms with van der Waals surface area (Å²) >= 11 is 0. The van der Waals surface area contributed by atoms with Crippen molar-refractivity contribution in [2.24, 2.45) is 10.7 Å². The fourth-order valence-corrected chi connectivity index (χ4v) is 2.93. The minimum absolute atomic E-state index is 0.525. The molecule has 0 radical (unpaired) electrons. The Morgan fingerprint density at radius 2 is 1.96 bits per heavy atom. The summed E-state index contributed by atoms with van der Waals surface area (Å²) in [6.07, 6.45) is 4.59. The van der Waals surface area contributed by atoms with Crippen LogP contribution in [0.25, 0.3) is 0 Å². The zero-order valence-corrected chi connectivity index (χ0v) is 14.9. The lowest BCUT2D eigenvalue weighted by atomic mass is 10.1. The lowest BCUT2D eigenvalue weighted by Crippen LogP contribution is -2.33. The van der Waals surface area contributed by atoms with E-state index in [2.05, 4.69) is 15.2 Å². The second-order valence-electron chi connectivity index (χ2n) is 6.04. The molecule has 1 aromatic carbocycles. The predicted molar refractivity (Wildman–Crippen MR) is 98.0 cm³/mol. The van der Waals surface area contributed by atoms with Crippen molar-refractivity contribution < 1.29 is 9.47 Å². The lowest BCUT2D eigenvalue weighted by Gasteiger charge is -2.13. The number of benzene rings is 1. The number of guanidine groups is 1. The third-order valence-electron chi connectivity index (χ3n) is 4.28. The number of hydrogen-bond acceptors (Lipinski definition) is 4. The second-order valence-corrected chi connectivity index (χ2v) is 6.04. The van der Waals surface area contributed by atoms with Crippen molar-refractivity contribution in [2.45, 2.75) is 25.7 Å². The van der Waals surface area contributed by atoms with Gasteiger partial charge in [0.15, 0.2) is 17.5 Å². The van der Waals surface area contributed by atoms with Crippen LogP contribution in [0.3, 0.4) is 0 Å². The molecule has 1 aliphatic heterocycles. The van der Waals surface area contributed by atoms with Gasteiger partial charge in [-0.2, -0.15) is 0 Å². The Morgan fingerprint density at radius 1 is 1.21 bits per heavy atom. The van der Waals surface area contributed by atoms with Gasteiger partial charge in [-0.1, -0.05) is 6.07 Å². The van der Waals surface area contributed by atoms with Crippen molar-refractivity contribution in [3.05, 3.63) is 23.8 Å². The summed E-state index contributed by atoms with van der Waals surface area (Å²) in [6.45, 7) is 5.14. The summed E-state index contributed by atoms with van der Waals surface area (Å²) in [4.78, 5) is 6.89. The molecule has 24 heavy (non-hydrogen) atoms. The summed E-state index contributed by atoms with van der Waals surface area (Å²) in [7, 11) is 3.28. The van der Waals surface area contributed by atoms with Gasteiger partial charge in [-0.25, -0.2) is 0 Å². The highest BCUT2D eigenvalue weighted by molar-refractivity contribution is 5.77. The zero-order chi connectivity index (χ0) is 17.2. The highest BCUT2D eigenvalue weighted by atomic mass is 16.5. The van der Waals surface area contributed by atoms with Crippen LogP contribution in [0.5, 0.6) is 11.5 Å². The summed E-state index contributed by atoms with van der Waals surface area (Å²) in [5.74, 6) is 2.02. The molecule has 0 aliphatic carbocycles. The third kappa shape index (κ3) is 5.92. The molecule has 0 saturated carbocycles. The fraction of sp³-hybridized carbons (Fsp3) is 0.611. The van der Waals surface area contributed by atoms with E-state index in [0.717, 1.165) is 44.0 Å². The predicted octanol–water partition coefficient (Wildman–Crippen LogP) is 1.64. The van der Waals surface area contributed by atoms with Gasteiger partial charge in [0.25, 0.3) is 0 Å². The van der Waals surface area contributed by atoms with Crippen molar-refractivity contribution in [2.75, 3.05) is 46.9 Å². The summed E-state index contributed by atoms with van der Waals surface area (Å²) in [6, 6.07) is 5.94. The number of nitrogens with one attached hydrogen (secondary N) is 1. The van der Waals surface area contributed by atoms with Gasteiger partial charge in [-0.15, -0.1) is 0 Å². The van der Waals surface area contributed by atoms with Crippen LogP contribution in [0.2, 0.25) is 0 Å². The molecule has 2 rings (SSSR count). The number of methoxy groups -OCH3 is 2. The van der Waals surface area contributed by atoms with Crippen LogP contribution in [0.15, 0.2) is 23.2 Å². The Bertz CT molecular complexity index is 528. The maximum Gasteiger partial charge on any atom is 0.188 e. The standard InChI is InChI=1S/C18H30N4O2/c1-23-16-7-6-15(14-17(16)24-2)8-10-21-18(19)20-9-5-13-22-11-3-4-12-22/h6-7,14H,3-5,8-13H2,1-2H3,(H3,19,20,21). The van der Waals surface area contributed by atoms with E-state index < -0.39 is 0 Å². The van der Waals surface area contributed by atoms with E-state index in [1.54, 1.807) is 14.2 Å². The first kappa shape index (κ1) is 18.4. The molecule has 0 amide bonds. The van der Waals surface area contributed by atoms with E-state index in [-0.39, 0.29) is 0 Å². The number of aliphatic imine (C=N–C) groups is 1. The van der Waals surface area contributed by atoms with Gasteiger partial charge in [-0.3, -0.25) is 4.99 Å². The molecule has 1 saturated heterocycles. The molecule has 0 atom stereocenters. The number of ether oxygens (including phenoxy) is 2. The van der Waals surface area contributed by atoms with Crippen LogP contribution >= 0.6 is 0 Å². The number of nitrogens with zero attached hydrogens (tertiary/aromatic N) is 2. The smallest absolute Gasteiger partial charge is 0.188 e. The van der Waals surface area contributed by atoms with E-state index in [0.29, 0.717) is 5.96 Å². The first-order valence-corrected chi connectivity index (χ1v) is 8.70. The van der Waals surface area contributed by atoms with Gasteiger partial charge in [0.1, 0.15) is 0 Å². The Balaban J connectivity index is 1.66. The van der Waals surface area contributed by atoms with E-state index in [9.17, 15) is 0 Å². The average molecular weight is 334 g/mol. The molecule has 1 aromatic rings. The first-order chi connectivity index (χ1) is 11.7.